The molecule has 2 nitrogen and oxygen atoms in total. The number of methoxy groups -OCH3 is 1. The van der Waals surface area contributed by atoms with Crippen LogP contribution in [0.2, 0.25) is 0 Å². The molecule has 0 unspecified atom stereocenters. The van der Waals surface area contributed by atoms with Crippen LogP contribution in [0.3, 0.4) is 0 Å². The Morgan fingerprint density at radius 3 is 2.61 bits per heavy atom. The van der Waals surface area contributed by atoms with Crippen LogP contribution in [-0.2, 0) is 0 Å². The van der Waals surface area contributed by atoms with E-state index in [2.05, 4.69) is 0 Å². The first kappa shape index (κ1) is 12.7. The lowest BCUT2D eigenvalue weighted by Crippen LogP contribution is -2.03. The summed E-state index contributed by atoms with van der Waals surface area (Å²) in [6.45, 7) is 0. The highest BCUT2D eigenvalue weighted by atomic mass is 32.2. The number of ether oxygens (including phenoxy) is 1. The van der Waals surface area contributed by atoms with Crippen LogP contribution in [0, 0.1) is 0 Å². The molecule has 0 aliphatic rings. The summed E-state index contributed by atoms with van der Waals surface area (Å²) in [5, 5.41) is 0. The van der Waals surface area contributed by atoms with Gasteiger partial charge in [-0.05, 0) is 30.5 Å². The number of hydrogen-bond acceptors (Lipinski definition) is 3. The Hall–Kier alpha value is -1.74. The molecule has 0 N–H and O–H groups in total. The van der Waals surface area contributed by atoms with Gasteiger partial charge in [-0.2, -0.15) is 0 Å². The quantitative estimate of drug-likeness (QED) is 0.618. The van der Waals surface area contributed by atoms with Crippen molar-refractivity contribution in [3.63, 3.8) is 0 Å². The highest BCUT2D eigenvalue weighted by Gasteiger charge is 2.13. The van der Waals surface area contributed by atoms with E-state index in [0.29, 0.717) is 11.3 Å². The SMILES string of the molecule is COc1cccc(C(=O)c2ccccc2SC)c1. The largest absolute Gasteiger partial charge is 0.497 e. The molecule has 0 aromatic heterocycles. The highest BCUT2D eigenvalue weighted by Crippen LogP contribution is 2.24. The molecule has 0 aliphatic heterocycles. The Bertz CT molecular complexity index is 564. The summed E-state index contributed by atoms with van der Waals surface area (Å²) in [6.07, 6.45) is 1.97. The van der Waals surface area contributed by atoms with Gasteiger partial charge in [-0.15, -0.1) is 11.8 Å². The van der Waals surface area contributed by atoms with E-state index >= 15 is 0 Å². The van der Waals surface area contributed by atoms with E-state index in [1.807, 2.05) is 48.7 Å². The zero-order valence-corrected chi connectivity index (χ0v) is 11.2. The lowest BCUT2D eigenvalue weighted by Gasteiger charge is -2.07. The fourth-order valence-corrected chi connectivity index (χ4v) is 2.35. The van der Waals surface area contributed by atoms with Gasteiger partial charge in [-0.25, -0.2) is 0 Å². The molecule has 0 saturated carbocycles. The first-order valence-electron chi connectivity index (χ1n) is 5.58. The van der Waals surface area contributed by atoms with Crippen LogP contribution in [0.5, 0.6) is 5.75 Å². The summed E-state index contributed by atoms with van der Waals surface area (Å²) in [5.74, 6) is 0.723. The number of carbonyl (C=O) groups is 1. The molecule has 2 rings (SSSR count). The highest BCUT2D eigenvalue weighted by molar-refractivity contribution is 7.98. The number of rotatable bonds is 4. The maximum Gasteiger partial charge on any atom is 0.194 e. The second-order valence-electron chi connectivity index (χ2n) is 3.76. The van der Waals surface area contributed by atoms with Crippen LogP contribution in [0.4, 0.5) is 0 Å². The minimum Gasteiger partial charge on any atom is -0.497 e. The smallest absolute Gasteiger partial charge is 0.194 e. The van der Waals surface area contributed by atoms with Gasteiger partial charge in [0.15, 0.2) is 5.78 Å². The van der Waals surface area contributed by atoms with Crippen molar-refractivity contribution in [2.45, 2.75) is 4.90 Å². The van der Waals surface area contributed by atoms with E-state index in [9.17, 15) is 4.79 Å². The van der Waals surface area contributed by atoms with Gasteiger partial charge in [0.25, 0.3) is 0 Å². The van der Waals surface area contributed by atoms with Gasteiger partial charge >= 0.3 is 0 Å². The van der Waals surface area contributed by atoms with Gasteiger partial charge in [0, 0.05) is 16.0 Å². The summed E-state index contributed by atoms with van der Waals surface area (Å²) in [6, 6.07) is 14.9. The molecule has 0 radical (unpaired) electrons. The predicted octanol–water partition coefficient (Wildman–Crippen LogP) is 3.65. The summed E-state index contributed by atoms with van der Waals surface area (Å²) in [4.78, 5) is 13.4. The van der Waals surface area contributed by atoms with Crippen molar-refractivity contribution in [1.82, 2.24) is 0 Å². The summed E-state index contributed by atoms with van der Waals surface area (Å²) in [5.41, 5.74) is 1.38. The lowest BCUT2D eigenvalue weighted by atomic mass is 10.0. The van der Waals surface area contributed by atoms with E-state index in [-0.39, 0.29) is 5.78 Å². The van der Waals surface area contributed by atoms with Gasteiger partial charge in [0.05, 0.1) is 7.11 Å². The van der Waals surface area contributed by atoms with Crippen LogP contribution in [0.15, 0.2) is 53.4 Å². The molecular weight excluding hydrogens is 244 g/mol. The van der Waals surface area contributed by atoms with Gasteiger partial charge in [-0.1, -0.05) is 24.3 Å². The van der Waals surface area contributed by atoms with Gasteiger partial charge in [0.2, 0.25) is 0 Å². The Morgan fingerprint density at radius 1 is 1.11 bits per heavy atom. The molecule has 2 aromatic carbocycles. The lowest BCUT2D eigenvalue weighted by molar-refractivity contribution is 0.103. The molecule has 0 amide bonds. The average Bonchev–Trinajstić information content (AvgIpc) is 2.46. The van der Waals surface area contributed by atoms with Crippen molar-refractivity contribution in [1.29, 1.82) is 0 Å². The third-order valence-electron chi connectivity index (χ3n) is 2.68. The topological polar surface area (TPSA) is 26.3 Å². The Morgan fingerprint density at radius 2 is 1.89 bits per heavy atom. The average molecular weight is 258 g/mol. The zero-order valence-electron chi connectivity index (χ0n) is 10.3. The van der Waals surface area contributed by atoms with Crippen LogP contribution < -0.4 is 4.74 Å². The molecule has 0 heterocycles. The van der Waals surface area contributed by atoms with Crippen molar-refractivity contribution < 1.29 is 9.53 Å². The first-order valence-corrected chi connectivity index (χ1v) is 6.80. The molecule has 0 aliphatic carbocycles. The van der Waals surface area contributed by atoms with Crippen molar-refractivity contribution in [3.05, 3.63) is 59.7 Å². The monoisotopic (exact) mass is 258 g/mol. The van der Waals surface area contributed by atoms with E-state index in [4.69, 9.17) is 4.74 Å². The van der Waals surface area contributed by atoms with Crippen molar-refractivity contribution >= 4 is 17.5 Å². The molecular formula is C15H14O2S. The first-order chi connectivity index (χ1) is 8.76. The summed E-state index contributed by atoms with van der Waals surface area (Å²) < 4.78 is 5.14. The maximum absolute atomic E-state index is 12.4. The van der Waals surface area contributed by atoms with Crippen molar-refractivity contribution in [2.24, 2.45) is 0 Å². The number of carbonyl (C=O) groups excluding carboxylic acids is 1. The van der Waals surface area contributed by atoms with E-state index in [0.717, 1.165) is 10.5 Å². The molecule has 0 fully saturated rings. The standard InChI is InChI=1S/C15H14O2S/c1-17-12-7-5-6-11(10-12)15(16)13-8-3-4-9-14(13)18-2/h3-10H,1-2H3. The molecule has 3 heteroatoms. The minimum absolute atomic E-state index is 0.0267. The predicted molar refractivity (Wildman–Crippen MR) is 74.6 cm³/mol. The molecule has 0 atom stereocenters. The number of thioether (sulfide) groups is 1. The molecule has 0 bridgehead atoms. The van der Waals surface area contributed by atoms with Crippen LogP contribution in [0.1, 0.15) is 15.9 Å². The van der Waals surface area contributed by atoms with Gasteiger partial charge in [-0.3, -0.25) is 4.79 Å². The third-order valence-corrected chi connectivity index (χ3v) is 3.48. The Labute approximate surface area is 111 Å². The second-order valence-corrected chi connectivity index (χ2v) is 4.61. The number of benzene rings is 2. The Kier molecular flexibility index (Phi) is 4.05. The van der Waals surface area contributed by atoms with E-state index in [1.165, 1.54) is 0 Å². The van der Waals surface area contributed by atoms with Crippen LogP contribution in [0.25, 0.3) is 0 Å². The summed E-state index contributed by atoms with van der Waals surface area (Å²) >= 11 is 1.58. The normalized spacial score (nSPS) is 10.1. The number of ketones is 1. The molecule has 2 aromatic rings. The van der Waals surface area contributed by atoms with Crippen molar-refractivity contribution in [3.8, 4) is 5.75 Å². The molecule has 92 valence electrons. The van der Waals surface area contributed by atoms with E-state index < -0.39 is 0 Å². The fraction of sp³-hybridized carbons (Fsp3) is 0.133. The molecule has 0 spiro atoms. The minimum atomic E-state index is 0.0267. The van der Waals surface area contributed by atoms with Crippen LogP contribution in [-0.4, -0.2) is 19.1 Å². The second kappa shape index (κ2) is 5.74. The zero-order chi connectivity index (χ0) is 13.0. The van der Waals surface area contributed by atoms with Crippen molar-refractivity contribution in [2.75, 3.05) is 13.4 Å². The third kappa shape index (κ3) is 2.57. The van der Waals surface area contributed by atoms with E-state index in [1.54, 1.807) is 24.9 Å². The van der Waals surface area contributed by atoms with Gasteiger partial charge in [0.1, 0.15) is 5.75 Å². The fourth-order valence-electron chi connectivity index (χ4n) is 1.75. The molecule has 18 heavy (non-hydrogen) atoms. The Balaban J connectivity index is 2.41. The summed E-state index contributed by atoms with van der Waals surface area (Å²) in [7, 11) is 1.60. The van der Waals surface area contributed by atoms with Gasteiger partial charge < -0.3 is 4.74 Å². The maximum atomic E-state index is 12.4. The van der Waals surface area contributed by atoms with Crippen LogP contribution >= 0.6 is 11.8 Å². The molecule has 0 saturated heterocycles. The number of hydrogen-bond donors (Lipinski definition) is 0.